The van der Waals surface area contributed by atoms with Gasteiger partial charge in [-0.3, -0.25) is 0 Å². The third kappa shape index (κ3) is 8.25. The van der Waals surface area contributed by atoms with E-state index in [1.165, 1.54) is 0 Å². The molecule has 0 radical (unpaired) electrons. The second kappa shape index (κ2) is 12.9. The lowest BCUT2D eigenvalue weighted by molar-refractivity contribution is -0.402. The van der Waals surface area contributed by atoms with E-state index in [2.05, 4.69) is 0 Å². The van der Waals surface area contributed by atoms with Crippen molar-refractivity contribution in [1.82, 2.24) is 0 Å². The van der Waals surface area contributed by atoms with Crippen LogP contribution in [0.15, 0.2) is 0 Å². The van der Waals surface area contributed by atoms with E-state index in [0.717, 1.165) is 18.7 Å². The molecule has 2 fully saturated rings. The molecule has 0 amide bonds. The monoisotopic (exact) mass is 552 g/mol. The highest BCUT2D eigenvalue weighted by atomic mass is 32.2. The van der Waals surface area contributed by atoms with Gasteiger partial charge in [0.15, 0.2) is 0 Å². The zero-order valence-electron chi connectivity index (χ0n) is 18.9. The van der Waals surface area contributed by atoms with E-state index in [-0.39, 0.29) is 43.9 Å². The summed E-state index contributed by atoms with van der Waals surface area (Å²) in [5.74, 6) is -22.0. The molecule has 2 heterocycles. The Morgan fingerprint density at radius 2 is 1.60 bits per heavy atom. The summed E-state index contributed by atoms with van der Waals surface area (Å²) in [4.78, 5) is 0. The predicted molar refractivity (Wildman–Crippen MR) is 107 cm³/mol. The maximum atomic E-state index is 14.1. The molecular weight excluding hydrogens is 523 g/mol. The van der Waals surface area contributed by atoms with Gasteiger partial charge >= 0.3 is 23.9 Å². The maximum absolute atomic E-state index is 14.1. The largest absolute Gasteiger partial charge is 0.460 e. The summed E-state index contributed by atoms with van der Waals surface area (Å²) in [6.45, 7) is 3.59. The van der Waals surface area contributed by atoms with Gasteiger partial charge in [-0.1, -0.05) is 6.92 Å². The van der Waals surface area contributed by atoms with Gasteiger partial charge in [0.1, 0.15) is 18.3 Å². The minimum atomic E-state index is -6.87. The molecule has 2 saturated heterocycles. The fourth-order valence-electron chi connectivity index (χ4n) is 2.93. The van der Waals surface area contributed by atoms with Crippen LogP contribution in [0.25, 0.3) is 0 Å². The summed E-state index contributed by atoms with van der Waals surface area (Å²) in [6.07, 6.45) is -7.58. The Labute approximate surface area is 201 Å². The van der Waals surface area contributed by atoms with Crippen molar-refractivity contribution in [2.45, 2.75) is 62.0 Å². The zero-order chi connectivity index (χ0) is 26.3. The van der Waals surface area contributed by atoms with Crippen LogP contribution in [0.4, 0.5) is 39.5 Å². The molecule has 0 aliphatic carbocycles. The lowest BCUT2D eigenvalue weighted by atomic mass is 9.91. The molecule has 0 aromatic rings. The summed E-state index contributed by atoms with van der Waals surface area (Å²) >= 11 is 0.747. The summed E-state index contributed by atoms with van der Waals surface area (Å²) in [6, 6.07) is 0. The number of hydrogen-bond donors (Lipinski definition) is 0. The van der Waals surface area contributed by atoms with Crippen LogP contribution in [0.5, 0.6) is 0 Å². The van der Waals surface area contributed by atoms with Gasteiger partial charge in [-0.05, 0) is 18.6 Å². The standard InChI is InChI=1S/C20H29F9O5S/c1-2-13(17(21,22)18(23,24)19(25,26)20(27,28)29)12-35-5-3-4-30-6-15(33-10-16-11-34-16)9-32-14-7-31-8-14/h13-16H,2-12H2,1H3. The van der Waals surface area contributed by atoms with Crippen LogP contribution < -0.4 is 0 Å². The molecule has 3 unspecified atom stereocenters. The second-order valence-corrected chi connectivity index (χ2v) is 9.43. The first kappa shape index (κ1) is 30.7. The predicted octanol–water partition coefficient (Wildman–Crippen LogP) is 4.82. The molecule has 208 valence electrons. The minimum absolute atomic E-state index is 0.0113. The topological polar surface area (TPSA) is 49.5 Å². The first-order valence-corrected chi connectivity index (χ1v) is 12.2. The van der Waals surface area contributed by atoms with E-state index < -0.39 is 42.0 Å². The van der Waals surface area contributed by atoms with Crippen LogP contribution in [0.3, 0.4) is 0 Å². The fraction of sp³-hybridized carbons (Fsp3) is 1.00. The molecule has 0 bridgehead atoms. The smallest absolute Gasteiger partial charge is 0.379 e. The van der Waals surface area contributed by atoms with Crippen molar-refractivity contribution in [3.8, 4) is 0 Å². The Hall–Kier alpha value is -0.480. The highest BCUT2D eigenvalue weighted by Crippen LogP contribution is 2.56. The highest BCUT2D eigenvalue weighted by Gasteiger charge is 2.82. The van der Waals surface area contributed by atoms with Crippen molar-refractivity contribution in [3.05, 3.63) is 0 Å². The fourth-order valence-corrected chi connectivity index (χ4v) is 4.15. The zero-order valence-corrected chi connectivity index (χ0v) is 19.8. The first-order chi connectivity index (χ1) is 16.2. The average molecular weight is 552 g/mol. The Balaban J connectivity index is 1.71. The van der Waals surface area contributed by atoms with Crippen molar-refractivity contribution in [3.63, 3.8) is 0 Å². The molecule has 35 heavy (non-hydrogen) atoms. The lowest BCUT2D eigenvalue weighted by Gasteiger charge is -2.37. The third-order valence-electron chi connectivity index (χ3n) is 5.42. The van der Waals surface area contributed by atoms with E-state index in [1.807, 2.05) is 0 Å². The number of ether oxygens (including phenoxy) is 5. The number of hydrogen-bond acceptors (Lipinski definition) is 6. The maximum Gasteiger partial charge on any atom is 0.460 e. The van der Waals surface area contributed by atoms with Crippen molar-refractivity contribution >= 4 is 11.8 Å². The molecule has 0 saturated carbocycles. The van der Waals surface area contributed by atoms with Crippen molar-refractivity contribution in [2.24, 2.45) is 5.92 Å². The molecule has 15 heteroatoms. The molecule has 0 spiro atoms. The first-order valence-electron chi connectivity index (χ1n) is 11.0. The lowest BCUT2D eigenvalue weighted by Crippen LogP contribution is -2.63. The Morgan fingerprint density at radius 1 is 0.943 bits per heavy atom. The van der Waals surface area contributed by atoms with E-state index in [0.29, 0.717) is 32.8 Å². The van der Waals surface area contributed by atoms with Crippen molar-refractivity contribution < 1.29 is 63.2 Å². The molecule has 2 aliphatic rings. The number of thioether (sulfide) groups is 1. The molecular formula is C20H29F9O5S. The summed E-state index contributed by atoms with van der Waals surface area (Å²) < 4.78 is 145. The van der Waals surface area contributed by atoms with Crippen molar-refractivity contribution in [2.75, 3.05) is 57.8 Å². The van der Waals surface area contributed by atoms with Gasteiger partial charge in [-0.2, -0.15) is 51.3 Å². The average Bonchev–Trinajstić information content (AvgIpc) is 3.55. The Bertz CT molecular complexity index is 631. The van der Waals surface area contributed by atoms with Crippen LogP contribution in [0, 0.1) is 5.92 Å². The Morgan fingerprint density at radius 3 is 2.11 bits per heavy atom. The normalized spacial score (nSPS) is 21.6. The SMILES string of the molecule is CCC(CSCCCOCC(COC1COC1)OCC1CO1)C(F)(F)C(F)(F)C(F)(F)C(F)(F)F. The van der Waals surface area contributed by atoms with E-state index in [9.17, 15) is 39.5 Å². The van der Waals surface area contributed by atoms with Crippen LogP contribution in [-0.4, -0.2) is 100 Å². The van der Waals surface area contributed by atoms with E-state index >= 15 is 0 Å². The minimum Gasteiger partial charge on any atom is -0.379 e. The molecule has 0 N–H and O–H groups in total. The van der Waals surface area contributed by atoms with Crippen LogP contribution >= 0.6 is 11.8 Å². The van der Waals surface area contributed by atoms with Crippen LogP contribution in [-0.2, 0) is 23.7 Å². The Kier molecular flexibility index (Phi) is 11.3. The van der Waals surface area contributed by atoms with Crippen molar-refractivity contribution in [1.29, 1.82) is 0 Å². The van der Waals surface area contributed by atoms with Gasteiger partial charge in [-0.25, -0.2) is 0 Å². The molecule has 0 aromatic carbocycles. The second-order valence-electron chi connectivity index (χ2n) is 8.28. The number of alkyl halides is 9. The van der Waals surface area contributed by atoms with E-state index in [4.69, 9.17) is 23.7 Å². The summed E-state index contributed by atoms with van der Waals surface area (Å²) in [5.41, 5.74) is 0. The van der Waals surface area contributed by atoms with Crippen LogP contribution in [0.1, 0.15) is 19.8 Å². The molecule has 0 aromatic heterocycles. The number of epoxide rings is 1. The molecule has 5 nitrogen and oxygen atoms in total. The van der Waals surface area contributed by atoms with Gasteiger partial charge < -0.3 is 23.7 Å². The quantitative estimate of drug-likeness (QED) is 0.138. The van der Waals surface area contributed by atoms with Gasteiger partial charge in [0, 0.05) is 18.3 Å². The van der Waals surface area contributed by atoms with E-state index in [1.54, 1.807) is 0 Å². The van der Waals surface area contributed by atoms with Gasteiger partial charge in [-0.15, -0.1) is 0 Å². The third-order valence-corrected chi connectivity index (χ3v) is 6.64. The summed E-state index contributed by atoms with van der Waals surface area (Å²) in [5, 5.41) is 0. The molecule has 2 aliphatic heterocycles. The van der Waals surface area contributed by atoms with Crippen LogP contribution in [0.2, 0.25) is 0 Å². The molecule has 3 atom stereocenters. The highest BCUT2D eigenvalue weighted by molar-refractivity contribution is 7.99. The summed E-state index contributed by atoms with van der Waals surface area (Å²) in [7, 11) is 0. The number of rotatable bonds is 18. The van der Waals surface area contributed by atoms with Gasteiger partial charge in [0.05, 0.1) is 39.6 Å². The van der Waals surface area contributed by atoms with Gasteiger partial charge in [0.25, 0.3) is 0 Å². The molecule has 2 rings (SSSR count). The number of halogens is 9. The van der Waals surface area contributed by atoms with Gasteiger partial charge in [0.2, 0.25) is 0 Å².